The fourth-order valence-electron chi connectivity index (χ4n) is 1.38. The van der Waals surface area contributed by atoms with Crippen molar-refractivity contribution >= 4 is 0 Å². The molecule has 0 aliphatic rings. The van der Waals surface area contributed by atoms with Gasteiger partial charge in [-0.1, -0.05) is 0 Å². The first-order valence-corrected chi connectivity index (χ1v) is 5.50. The van der Waals surface area contributed by atoms with Gasteiger partial charge < -0.3 is 19.3 Å². The summed E-state index contributed by atoms with van der Waals surface area (Å²) in [7, 11) is 1.47. The third kappa shape index (κ3) is 3.62. The minimum absolute atomic E-state index is 0.268. The van der Waals surface area contributed by atoms with Crippen LogP contribution in [0, 0.1) is 0 Å². The first-order valence-electron chi connectivity index (χ1n) is 5.50. The molecular formula is C11H18N2O4. The Morgan fingerprint density at radius 1 is 1.18 bits per heavy atom. The van der Waals surface area contributed by atoms with E-state index in [1.54, 1.807) is 0 Å². The van der Waals surface area contributed by atoms with Crippen LogP contribution in [-0.4, -0.2) is 41.7 Å². The van der Waals surface area contributed by atoms with Crippen molar-refractivity contribution in [3.8, 4) is 5.88 Å². The van der Waals surface area contributed by atoms with Gasteiger partial charge in [0.05, 0.1) is 7.11 Å². The lowest BCUT2D eigenvalue weighted by Crippen LogP contribution is -2.27. The molecule has 1 heterocycles. The van der Waals surface area contributed by atoms with Crippen molar-refractivity contribution in [3.63, 3.8) is 0 Å². The molecule has 0 radical (unpaired) electrons. The molecule has 0 spiro atoms. The van der Waals surface area contributed by atoms with Gasteiger partial charge in [0.15, 0.2) is 12.4 Å². The Labute approximate surface area is 101 Å². The normalized spacial score (nSPS) is 12.8. The number of aromatic nitrogens is 2. The van der Waals surface area contributed by atoms with Gasteiger partial charge in [0.1, 0.15) is 5.69 Å². The van der Waals surface area contributed by atoms with Crippen LogP contribution in [0.4, 0.5) is 0 Å². The van der Waals surface area contributed by atoms with Gasteiger partial charge in [-0.15, -0.1) is 0 Å². The fraction of sp³-hybridized carbons (Fsp3) is 0.636. The molecule has 0 amide bonds. The zero-order chi connectivity index (χ0) is 12.7. The Morgan fingerprint density at radius 3 is 2.29 bits per heavy atom. The lowest BCUT2D eigenvalue weighted by Gasteiger charge is -2.22. The number of hydrogen-bond donors (Lipinski definition) is 1. The number of methoxy groups -OCH3 is 1. The van der Waals surface area contributed by atoms with Gasteiger partial charge in [0.2, 0.25) is 5.88 Å². The second kappa shape index (κ2) is 7.16. The van der Waals surface area contributed by atoms with Crippen LogP contribution in [0.2, 0.25) is 0 Å². The smallest absolute Gasteiger partial charge is 0.238 e. The van der Waals surface area contributed by atoms with Crippen LogP contribution in [0.15, 0.2) is 12.4 Å². The van der Waals surface area contributed by atoms with E-state index in [4.69, 9.17) is 14.2 Å². The zero-order valence-electron chi connectivity index (χ0n) is 10.3. The van der Waals surface area contributed by atoms with Crippen LogP contribution in [-0.2, 0) is 9.47 Å². The Hall–Kier alpha value is -1.24. The van der Waals surface area contributed by atoms with E-state index < -0.39 is 12.4 Å². The van der Waals surface area contributed by atoms with Crippen LogP contribution in [0.25, 0.3) is 0 Å². The summed E-state index contributed by atoms with van der Waals surface area (Å²) in [6, 6.07) is 0. The third-order valence-electron chi connectivity index (χ3n) is 2.08. The second-order valence-electron chi connectivity index (χ2n) is 3.17. The molecule has 1 N–H and O–H groups in total. The monoisotopic (exact) mass is 242 g/mol. The molecule has 0 aromatic carbocycles. The summed E-state index contributed by atoms with van der Waals surface area (Å²) in [5, 5.41) is 10.1. The highest BCUT2D eigenvalue weighted by Crippen LogP contribution is 2.24. The molecule has 0 aliphatic carbocycles. The average Bonchev–Trinajstić information content (AvgIpc) is 2.37. The highest BCUT2D eigenvalue weighted by atomic mass is 16.7. The molecule has 96 valence electrons. The van der Waals surface area contributed by atoms with Crippen LogP contribution >= 0.6 is 0 Å². The molecule has 6 heteroatoms. The lowest BCUT2D eigenvalue weighted by molar-refractivity contribution is -0.192. The molecule has 6 nitrogen and oxygen atoms in total. The molecule has 0 aliphatic heterocycles. The highest BCUT2D eigenvalue weighted by molar-refractivity contribution is 5.20. The van der Waals surface area contributed by atoms with Crippen molar-refractivity contribution in [1.82, 2.24) is 9.97 Å². The minimum atomic E-state index is -1.03. The Kier molecular flexibility index (Phi) is 5.82. The maximum Gasteiger partial charge on any atom is 0.238 e. The summed E-state index contributed by atoms with van der Waals surface area (Å²) < 4.78 is 15.6. The number of aliphatic hydroxyl groups excluding tert-OH is 1. The molecule has 0 saturated carbocycles. The number of rotatable bonds is 7. The van der Waals surface area contributed by atoms with E-state index in [1.807, 2.05) is 13.8 Å². The first-order chi connectivity index (χ1) is 8.24. The van der Waals surface area contributed by atoms with Gasteiger partial charge in [-0.2, -0.15) is 0 Å². The molecule has 0 bridgehead atoms. The summed E-state index contributed by atoms with van der Waals surface area (Å²) in [4.78, 5) is 8.00. The van der Waals surface area contributed by atoms with Crippen LogP contribution in [0.5, 0.6) is 5.88 Å². The van der Waals surface area contributed by atoms with Crippen LogP contribution < -0.4 is 4.74 Å². The van der Waals surface area contributed by atoms with Crippen molar-refractivity contribution in [3.05, 3.63) is 18.1 Å². The molecule has 0 saturated heterocycles. The van der Waals surface area contributed by atoms with Crippen molar-refractivity contribution in [2.24, 2.45) is 0 Å². The van der Waals surface area contributed by atoms with Crippen molar-refractivity contribution in [1.29, 1.82) is 0 Å². The average molecular weight is 242 g/mol. The first kappa shape index (κ1) is 13.8. The molecule has 1 atom stereocenters. The second-order valence-corrected chi connectivity index (χ2v) is 3.17. The van der Waals surface area contributed by atoms with E-state index in [0.29, 0.717) is 18.9 Å². The predicted octanol–water partition coefficient (Wildman–Crippen LogP) is 0.918. The van der Waals surface area contributed by atoms with E-state index in [0.717, 1.165) is 0 Å². The van der Waals surface area contributed by atoms with E-state index in [-0.39, 0.29) is 5.88 Å². The Balaban J connectivity index is 2.87. The highest BCUT2D eigenvalue weighted by Gasteiger charge is 2.26. The third-order valence-corrected chi connectivity index (χ3v) is 2.08. The largest absolute Gasteiger partial charge is 0.480 e. The predicted molar refractivity (Wildman–Crippen MR) is 60.6 cm³/mol. The van der Waals surface area contributed by atoms with Gasteiger partial charge in [-0.05, 0) is 13.8 Å². The molecule has 1 rings (SSSR count). The summed E-state index contributed by atoms with van der Waals surface area (Å²) in [5.41, 5.74) is 0.307. The van der Waals surface area contributed by atoms with E-state index >= 15 is 0 Å². The summed E-state index contributed by atoms with van der Waals surface area (Å²) in [6.07, 6.45) is 1.18. The molecule has 0 fully saturated rings. The molecular weight excluding hydrogens is 224 g/mol. The maximum atomic E-state index is 10.1. The standard InChI is InChI=1S/C11H18N2O4/c1-4-16-11(17-5-2)9(14)8-10(15-3)13-7-6-12-8/h6-7,9,11,14H,4-5H2,1-3H3. The number of aliphatic hydroxyl groups is 1. The van der Waals surface area contributed by atoms with Gasteiger partial charge >= 0.3 is 0 Å². The van der Waals surface area contributed by atoms with E-state index in [9.17, 15) is 5.11 Å². The van der Waals surface area contributed by atoms with Crippen LogP contribution in [0.1, 0.15) is 25.6 Å². The van der Waals surface area contributed by atoms with E-state index in [1.165, 1.54) is 19.5 Å². The zero-order valence-corrected chi connectivity index (χ0v) is 10.3. The SMILES string of the molecule is CCOC(OCC)C(O)c1nccnc1OC. The summed E-state index contributed by atoms with van der Waals surface area (Å²) in [5.74, 6) is 0.268. The van der Waals surface area contributed by atoms with Gasteiger partial charge in [0, 0.05) is 25.6 Å². The van der Waals surface area contributed by atoms with Crippen molar-refractivity contribution < 1.29 is 19.3 Å². The van der Waals surface area contributed by atoms with Crippen molar-refractivity contribution in [2.45, 2.75) is 26.2 Å². The van der Waals surface area contributed by atoms with Gasteiger partial charge in [-0.3, -0.25) is 4.98 Å². The Bertz CT molecular complexity index is 329. The molecule has 1 aromatic rings. The number of ether oxygens (including phenoxy) is 3. The summed E-state index contributed by atoms with van der Waals surface area (Å²) in [6.45, 7) is 4.52. The minimum Gasteiger partial charge on any atom is -0.480 e. The fourth-order valence-corrected chi connectivity index (χ4v) is 1.38. The van der Waals surface area contributed by atoms with Crippen molar-refractivity contribution in [2.75, 3.05) is 20.3 Å². The maximum absolute atomic E-state index is 10.1. The van der Waals surface area contributed by atoms with Gasteiger partial charge in [0.25, 0.3) is 0 Å². The van der Waals surface area contributed by atoms with Gasteiger partial charge in [-0.25, -0.2) is 4.98 Å². The quantitative estimate of drug-likeness (QED) is 0.717. The molecule has 17 heavy (non-hydrogen) atoms. The number of nitrogens with zero attached hydrogens (tertiary/aromatic N) is 2. The van der Waals surface area contributed by atoms with Crippen LogP contribution in [0.3, 0.4) is 0 Å². The molecule has 1 unspecified atom stereocenters. The number of hydrogen-bond acceptors (Lipinski definition) is 6. The molecule has 1 aromatic heterocycles. The lowest BCUT2D eigenvalue weighted by atomic mass is 10.2. The Morgan fingerprint density at radius 2 is 1.76 bits per heavy atom. The summed E-state index contributed by atoms with van der Waals surface area (Å²) >= 11 is 0. The topological polar surface area (TPSA) is 73.7 Å². The van der Waals surface area contributed by atoms with E-state index in [2.05, 4.69) is 9.97 Å².